The summed E-state index contributed by atoms with van der Waals surface area (Å²) in [5.74, 6) is -1.09. The Balaban J connectivity index is 1.81. The summed E-state index contributed by atoms with van der Waals surface area (Å²) in [4.78, 5) is 25.7. The molecule has 1 saturated carbocycles. The van der Waals surface area contributed by atoms with Crippen molar-refractivity contribution in [3.8, 4) is 0 Å². The predicted octanol–water partition coefficient (Wildman–Crippen LogP) is 2.80. The number of carbonyl (C=O) groups is 2. The lowest BCUT2D eigenvalue weighted by molar-refractivity contribution is -0.142. The third-order valence-corrected chi connectivity index (χ3v) is 5.37. The third kappa shape index (κ3) is 2.48. The number of likely N-dealkylation sites (tertiary alicyclic amines) is 1. The van der Waals surface area contributed by atoms with Crippen molar-refractivity contribution in [3.05, 3.63) is 34.3 Å². The molecular formula is C16H18BrNO3. The molecule has 0 radical (unpaired) electrons. The fraction of sp³-hybridized carbons (Fsp3) is 0.500. The molecule has 1 atom stereocenters. The van der Waals surface area contributed by atoms with Crippen LogP contribution in [0.5, 0.6) is 0 Å². The normalized spacial score (nSPS) is 23.7. The van der Waals surface area contributed by atoms with Crippen LogP contribution in [0.25, 0.3) is 0 Å². The topological polar surface area (TPSA) is 57.6 Å². The molecule has 1 aliphatic heterocycles. The molecule has 1 N–H and O–H groups in total. The van der Waals surface area contributed by atoms with Gasteiger partial charge in [0.1, 0.15) is 0 Å². The number of rotatable bonds is 3. The molecule has 21 heavy (non-hydrogen) atoms. The quantitative estimate of drug-likeness (QED) is 0.910. The lowest BCUT2D eigenvalue weighted by atomic mass is 9.63. The summed E-state index contributed by atoms with van der Waals surface area (Å²) in [7, 11) is 0. The number of aliphatic carboxylic acids is 1. The van der Waals surface area contributed by atoms with Crippen molar-refractivity contribution in [1.29, 1.82) is 0 Å². The van der Waals surface area contributed by atoms with Gasteiger partial charge in [-0.05, 0) is 37.0 Å². The number of amides is 1. The molecule has 5 heteroatoms. The molecule has 3 rings (SSSR count). The van der Waals surface area contributed by atoms with Crippen LogP contribution in [-0.2, 0) is 15.0 Å². The first kappa shape index (κ1) is 14.6. The van der Waals surface area contributed by atoms with Gasteiger partial charge in [0.25, 0.3) is 0 Å². The highest BCUT2D eigenvalue weighted by Crippen LogP contribution is 2.46. The summed E-state index contributed by atoms with van der Waals surface area (Å²) in [6.45, 7) is 0.917. The molecule has 112 valence electrons. The van der Waals surface area contributed by atoms with Crippen molar-refractivity contribution in [1.82, 2.24) is 4.90 Å². The van der Waals surface area contributed by atoms with Crippen LogP contribution >= 0.6 is 15.9 Å². The zero-order valence-electron chi connectivity index (χ0n) is 11.7. The molecular weight excluding hydrogens is 334 g/mol. The molecule has 1 amide bonds. The van der Waals surface area contributed by atoms with Crippen LogP contribution in [0.1, 0.15) is 31.2 Å². The largest absolute Gasteiger partial charge is 0.481 e. The Morgan fingerprint density at radius 3 is 2.38 bits per heavy atom. The zero-order chi connectivity index (χ0) is 15.0. The fourth-order valence-electron chi connectivity index (χ4n) is 3.37. The molecule has 1 aromatic rings. The van der Waals surface area contributed by atoms with Crippen molar-refractivity contribution in [3.63, 3.8) is 0 Å². The van der Waals surface area contributed by atoms with Crippen molar-refractivity contribution < 1.29 is 14.7 Å². The molecule has 2 aliphatic rings. The highest BCUT2D eigenvalue weighted by Gasteiger charge is 2.49. The lowest BCUT2D eigenvalue weighted by Crippen LogP contribution is -2.50. The van der Waals surface area contributed by atoms with Gasteiger partial charge in [-0.2, -0.15) is 0 Å². The third-order valence-electron chi connectivity index (χ3n) is 4.84. The summed E-state index contributed by atoms with van der Waals surface area (Å²) >= 11 is 3.42. The van der Waals surface area contributed by atoms with E-state index in [4.69, 9.17) is 5.11 Å². The molecule has 1 heterocycles. The molecule has 1 aliphatic carbocycles. The van der Waals surface area contributed by atoms with E-state index in [2.05, 4.69) is 15.9 Å². The fourth-order valence-corrected chi connectivity index (χ4v) is 3.64. The lowest BCUT2D eigenvalue weighted by Gasteiger charge is -2.43. The number of hydrogen-bond donors (Lipinski definition) is 1. The Kier molecular flexibility index (Phi) is 3.78. The van der Waals surface area contributed by atoms with Gasteiger partial charge < -0.3 is 10.0 Å². The summed E-state index contributed by atoms with van der Waals surface area (Å²) in [6, 6.07) is 7.94. The molecule has 0 spiro atoms. The standard InChI is InChI=1S/C16H18BrNO3/c17-13-4-2-12(3-5-13)16(7-1-8-16)15(21)18-9-6-11(10-18)14(19)20/h2-5,11H,1,6-10H2,(H,19,20)/t11-/m0/s1. The average molecular weight is 352 g/mol. The van der Waals surface area contributed by atoms with Gasteiger partial charge in [0.05, 0.1) is 11.3 Å². The number of nitrogens with zero attached hydrogens (tertiary/aromatic N) is 1. The van der Waals surface area contributed by atoms with E-state index in [0.29, 0.717) is 19.5 Å². The first-order valence-electron chi connectivity index (χ1n) is 7.31. The first-order valence-corrected chi connectivity index (χ1v) is 8.10. The molecule has 4 nitrogen and oxygen atoms in total. The predicted molar refractivity (Wildman–Crippen MR) is 82.0 cm³/mol. The Hall–Kier alpha value is -1.36. The second kappa shape index (κ2) is 5.44. The van der Waals surface area contributed by atoms with E-state index in [1.807, 2.05) is 24.3 Å². The maximum absolute atomic E-state index is 12.9. The van der Waals surface area contributed by atoms with Crippen LogP contribution in [0.2, 0.25) is 0 Å². The maximum atomic E-state index is 12.9. The SMILES string of the molecule is O=C(O)[C@H]1CCN(C(=O)C2(c3ccc(Br)cc3)CCC2)C1. The van der Waals surface area contributed by atoms with Gasteiger partial charge in [-0.1, -0.05) is 34.5 Å². The number of carbonyl (C=O) groups excluding carboxylic acids is 1. The van der Waals surface area contributed by atoms with Crippen molar-refractivity contribution in [2.75, 3.05) is 13.1 Å². The smallest absolute Gasteiger partial charge is 0.308 e. The number of carboxylic acid groups (broad SMARTS) is 1. The van der Waals surface area contributed by atoms with Gasteiger partial charge >= 0.3 is 5.97 Å². The molecule has 2 fully saturated rings. The number of halogens is 1. The first-order chi connectivity index (χ1) is 10.0. The summed E-state index contributed by atoms with van der Waals surface area (Å²) < 4.78 is 1.00. The van der Waals surface area contributed by atoms with E-state index in [1.54, 1.807) is 4.90 Å². The van der Waals surface area contributed by atoms with E-state index < -0.39 is 17.3 Å². The Bertz CT molecular complexity index is 565. The molecule has 0 unspecified atom stereocenters. The van der Waals surface area contributed by atoms with Crippen LogP contribution in [0, 0.1) is 5.92 Å². The summed E-state index contributed by atoms with van der Waals surface area (Å²) in [5, 5.41) is 9.09. The Morgan fingerprint density at radius 2 is 1.90 bits per heavy atom. The molecule has 0 aromatic heterocycles. The second-order valence-corrected chi connectivity index (χ2v) is 6.93. The minimum Gasteiger partial charge on any atom is -0.481 e. The van der Waals surface area contributed by atoms with E-state index >= 15 is 0 Å². The Morgan fingerprint density at radius 1 is 1.24 bits per heavy atom. The van der Waals surface area contributed by atoms with E-state index in [1.165, 1.54) is 0 Å². The van der Waals surface area contributed by atoms with E-state index in [9.17, 15) is 9.59 Å². The van der Waals surface area contributed by atoms with Crippen LogP contribution < -0.4 is 0 Å². The van der Waals surface area contributed by atoms with Gasteiger partial charge in [0.2, 0.25) is 5.91 Å². The average Bonchev–Trinajstić information content (AvgIpc) is 2.89. The molecule has 1 saturated heterocycles. The van der Waals surface area contributed by atoms with Gasteiger partial charge in [-0.25, -0.2) is 0 Å². The Labute approximate surface area is 132 Å². The second-order valence-electron chi connectivity index (χ2n) is 6.02. The van der Waals surface area contributed by atoms with Crippen LogP contribution in [0.15, 0.2) is 28.7 Å². The van der Waals surface area contributed by atoms with Crippen LogP contribution in [0.4, 0.5) is 0 Å². The summed E-state index contributed by atoms with van der Waals surface area (Å²) in [6.07, 6.45) is 3.35. The van der Waals surface area contributed by atoms with Gasteiger partial charge in [0.15, 0.2) is 0 Å². The van der Waals surface area contributed by atoms with Crippen molar-refractivity contribution in [2.45, 2.75) is 31.1 Å². The minimum absolute atomic E-state index is 0.111. The van der Waals surface area contributed by atoms with Gasteiger partial charge in [0, 0.05) is 17.6 Å². The molecule has 1 aromatic carbocycles. The maximum Gasteiger partial charge on any atom is 0.308 e. The monoisotopic (exact) mass is 351 g/mol. The summed E-state index contributed by atoms with van der Waals surface area (Å²) in [5.41, 5.74) is 0.634. The van der Waals surface area contributed by atoms with E-state index in [-0.39, 0.29) is 5.91 Å². The van der Waals surface area contributed by atoms with Gasteiger partial charge in [-0.15, -0.1) is 0 Å². The van der Waals surface area contributed by atoms with Gasteiger partial charge in [-0.3, -0.25) is 9.59 Å². The minimum atomic E-state index is -0.795. The zero-order valence-corrected chi connectivity index (χ0v) is 13.3. The van der Waals surface area contributed by atoms with Crippen LogP contribution in [0.3, 0.4) is 0 Å². The highest BCUT2D eigenvalue weighted by atomic mass is 79.9. The number of carboxylic acids is 1. The van der Waals surface area contributed by atoms with Crippen molar-refractivity contribution in [2.24, 2.45) is 5.92 Å². The van der Waals surface area contributed by atoms with Crippen molar-refractivity contribution >= 4 is 27.8 Å². The number of hydrogen-bond acceptors (Lipinski definition) is 2. The number of benzene rings is 1. The highest BCUT2D eigenvalue weighted by molar-refractivity contribution is 9.10. The van der Waals surface area contributed by atoms with Crippen LogP contribution in [-0.4, -0.2) is 35.0 Å². The molecule has 0 bridgehead atoms. The van der Waals surface area contributed by atoms with E-state index in [0.717, 1.165) is 29.3 Å².